The third-order valence-corrected chi connectivity index (χ3v) is 5.93. The molecule has 0 aliphatic heterocycles. The topological polar surface area (TPSA) is 44.8 Å². The van der Waals surface area contributed by atoms with Crippen LogP contribution in [0.3, 0.4) is 0 Å². The number of carbonyl (C=O) groups excluding carboxylic acids is 1. The Hall–Kier alpha value is -2.69. The molecule has 1 atom stereocenters. The third-order valence-electron chi connectivity index (χ3n) is 5.33. The van der Waals surface area contributed by atoms with Gasteiger partial charge in [0.1, 0.15) is 17.2 Å². The monoisotopic (exact) mass is 456 g/mol. The van der Waals surface area contributed by atoms with E-state index in [1.807, 2.05) is 12.1 Å². The van der Waals surface area contributed by atoms with E-state index in [0.29, 0.717) is 27.8 Å². The second kappa shape index (κ2) is 9.63. The number of rotatable bonds is 6. The van der Waals surface area contributed by atoms with E-state index >= 15 is 0 Å². The minimum Gasteiger partial charge on any atom is -0.474 e. The third kappa shape index (κ3) is 4.97. The maximum atomic E-state index is 12.5. The Bertz CT molecular complexity index is 1060. The summed E-state index contributed by atoms with van der Waals surface area (Å²) < 4.78 is 17.0. The van der Waals surface area contributed by atoms with Crippen molar-refractivity contribution in [1.29, 1.82) is 0 Å². The van der Waals surface area contributed by atoms with Gasteiger partial charge in [-0.1, -0.05) is 35.3 Å². The zero-order valence-corrected chi connectivity index (χ0v) is 18.6. The Kier molecular flexibility index (Phi) is 6.69. The van der Waals surface area contributed by atoms with Gasteiger partial charge >= 0.3 is 5.97 Å². The van der Waals surface area contributed by atoms with Gasteiger partial charge in [-0.25, -0.2) is 4.79 Å². The predicted octanol–water partition coefficient (Wildman–Crippen LogP) is 6.96. The number of hydrogen-bond acceptors (Lipinski definition) is 4. The van der Waals surface area contributed by atoms with Crippen LogP contribution in [0, 0.1) is 0 Å². The lowest BCUT2D eigenvalue weighted by Gasteiger charge is -2.24. The summed E-state index contributed by atoms with van der Waals surface area (Å²) in [5.41, 5.74) is 2.87. The first-order valence-corrected chi connectivity index (χ1v) is 10.9. The zero-order chi connectivity index (χ0) is 21.8. The zero-order valence-electron chi connectivity index (χ0n) is 17.1. The fourth-order valence-corrected chi connectivity index (χ4v) is 4.13. The van der Waals surface area contributed by atoms with Gasteiger partial charge in [-0.3, -0.25) is 0 Å². The van der Waals surface area contributed by atoms with Crippen molar-refractivity contribution < 1.29 is 19.0 Å². The first-order chi connectivity index (χ1) is 15.0. The minimum absolute atomic E-state index is 0.467. The number of esters is 1. The van der Waals surface area contributed by atoms with Crippen LogP contribution in [0.25, 0.3) is 0 Å². The van der Waals surface area contributed by atoms with E-state index < -0.39 is 12.1 Å². The number of ether oxygens (including phenoxy) is 3. The largest absolute Gasteiger partial charge is 0.474 e. The van der Waals surface area contributed by atoms with Crippen molar-refractivity contribution in [1.82, 2.24) is 0 Å². The molecule has 0 N–H and O–H groups in total. The lowest BCUT2D eigenvalue weighted by atomic mass is 9.91. The second-order valence-corrected chi connectivity index (χ2v) is 8.20. The van der Waals surface area contributed by atoms with Gasteiger partial charge in [-0.2, -0.15) is 0 Å². The molecule has 3 aromatic rings. The number of methoxy groups -OCH3 is 1. The second-order valence-electron chi connectivity index (χ2n) is 7.36. The van der Waals surface area contributed by atoms with E-state index in [1.54, 1.807) is 48.5 Å². The van der Waals surface area contributed by atoms with Crippen LogP contribution in [0.1, 0.15) is 35.6 Å². The molecule has 0 aromatic heterocycles. The van der Waals surface area contributed by atoms with Crippen LogP contribution >= 0.6 is 23.2 Å². The van der Waals surface area contributed by atoms with Crippen LogP contribution in [0.4, 0.5) is 0 Å². The van der Waals surface area contributed by atoms with Crippen molar-refractivity contribution in [2.24, 2.45) is 0 Å². The Morgan fingerprint density at radius 1 is 0.839 bits per heavy atom. The summed E-state index contributed by atoms with van der Waals surface area (Å²) in [5, 5.41) is 1.39. The van der Waals surface area contributed by atoms with Crippen molar-refractivity contribution in [3.63, 3.8) is 0 Å². The fraction of sp³-hybridized carbons (Fsp3) is 0.240. The molecular weight excluding hydrogens is 435 g/mol. The highest BCUT2D eigenvalue weighted by Crippen LogP contribution is 2.37. The predicted molar refractivity (Wildman–Crippen MR) is 121 cm³/mol. The molecule has 0 radical (unpaired) electrons. The average molecular weight is 457 g/mol. The summed E-state index contributed by atoms with van der Waals surface area (Å²) in [6.45, 7) is 0. The summed E-state index contributed by atoms with van der Waals surface area (Å²) >= 11 is 12.3. The van der Waals surface area contributed by atoms with Crippen LogP contribution in [0.5, 0.6) is 17.2 Å². The van der Waals surface area contributed by atoms with Gasteiger partial charge in [0.05, 0.1) is 7.11 Å². The van der Waals surface area contributed by atoms with Gasteiger partial charge in [0.25, 0.3) is 0 Å². The molecule has 4 nitrogen and oxygen atoms in total. The maximum Gasteiger partial charge on any atom is 0.351 e. The number of halogens is 2. The van der Waals surface area contributed by atoms with E-state index in [-0.39, 0.29) is 0 Å². The molecule has 3 aromatic carbocycles. The van der Waals surface area contributed by atoms with E-state index in [1.165, 1.54) is 7.11 Å². The van der Waals surface area contributed by atoms with Gasteiger partial charge in [0.15, 0.2) is 0 Å². The number of fused-ring (bicyclic) bond motifs is 1. The van der Waals surface area contributed by atoms with Crippen molar-refractivity contribution in [2.45, 2.75) is 31.8 Å². The molecule has 0 bridgehead atoms. The van der Waals surface area contributed by atoms with E-state index in [4.69, 9.17) is 37.4 Å². The highest BCUT2D eigenvalue weighted by molar-refractivity contribution is 6.31. The van der Waals surface area contributed by atoms with E-state index in [9.17, 15) is 4.79 Å². The summed E-state index contributed by atoms with van der Waals surface area (Å²) in [7, 11) is 1.36. The molecule has 4 rings (SSSR count). The Morgan fingerprint density at radius 3 is 2.10 bits per heavy atom. The molecule has 1 unspecified atom stereocenters. The molecule has 0 amide bonds. The smallest absolute Gasteiger partial charge is 0.351 e. The molecule has 1 aliphatic rings. The fourth-order valence-electron chi connectivity index (χ4n) is 3.74. The molecule has 0 saturated heterocycles. The molecule has 6 heteroatoms. The molecular formula is C25H22Cl2O4. The molecule has 160 valence electrons. The van der Waals surface area contributed by atoms with Crippen molar-refractivity contribution in [3.05, 3.63) is 87.4 Å². The number of hydrogen-bond donors (Lipinski definition) is 0. The van der Waals surface area contributed by atoms with Crippen molar-refractivity contribution >= 4 is 29.2 Å². The van der Waals surface area contributed by atoms with E-state index in [0.717, 1.165) is 41.8 Å². The molecule has 1 aliphatic carbocycles. The van der Waals surface area contributed by atoms with Crippen molar-refractivity contribution in [3.8, 4) is 17.2 Å². The quantitative estimate of drug-likeness (QED) is 0.376. The summed E-state index contributed by atoms with van der Waals surface area (Å²) in [5.74, 6) is 1.52. The Labute approximate surface area is 191 Å². The standard InChI is InChI=1S/C25H22Cl2O4/c1-29-25(28)24(31-23-15-14-22(27)20-4-2-3-5-21(20)23)16-6-10-18(11-7-16)30-19-12-8-17(26)9-13-19/h6-15,24H,2-5H2,1H3. The first kappa shape index (κ1) is 21.5. The van der Waals surface area contributed by atoms with Crippen LogP contribution < -0.4 is 9.47 Å². The highest BCUT2D eigenvalue weighted by atomic mass is 35.5. The Morgan fingerprint density at radius 2 is 1.45 bits per heavy atom. The molecule has 0 saturated carbocycles. The van der Waals surface area contributed by atoms with Crippen LogP contribution in [0.2, 0.25) is 10.0 Å². The lowest BCUT2D eigenvalue weighted by Crippen LogP contribution is -2.21. The lowest BCUT2D eigenvalue weighted by molar-refractivity contribution is -0.149. The van der Waals surface area contributed by atoms with E-state index in [2.05, 4.69) is 0 Å². The van der Waals surface area contributed by atoms with Crippen LogP contribution in [0.15, 0.2) is 60.7 Å². The van der Waals surface area contributed by atoms with Crippen LogP contribution in [-0.4, -0.2) is 13.1 Å². The Balaban J connectivity index is 1.57. The average Bonchev–Trinajstić information content (AvgIpc) is 2.80. The normalized spacial score (nSPS) is 13.8. The molecule has 0 heterocycles. The van der Waals surface area contributed by atoms with Gasteiger partial charge in [0, 0.05) is 15.6 Å². The maximum absolute atomic E-state index is 12.5. The molecule has 0 spiro atoms. The van der Waals surface area contributed by atoms with Gasteiger partial charge in [0.2, 0.25) is 6.10 Å². The van der Waals surface area contributed by atoms with Crippen LogP contribution in [-0.2, 0) is 22.4 Å². The molecule has 31 heavy (non-hydrogen) atoms. The first-order valence-electron chi connectivity index (χ1n) is 10.1. The van der Waals surface area contributed by atoms with Gasteiger partial charge in [-0.15, -0.1) is 0 Å². The van der Waals surface area contributed by atoms with Gasteiger partial charge in [-0.05, 0) is 85.3 Å². The summed E-state index contributed by atoms with van der Waals surface area (Å²) in [6.07, 6.45) is 3.09. The summed E-state index contributed by atoms with van der Waals surface area (Å²) in [6, 6.07) is 18.0. The highest BCUT2D eigenvalue weighted by Gasteiger charge is 2.26. The van der Waals surface area contributed by atoms with Gasteiger partial charge < -0.3 is 14.2 Å². The summed E-state index contributed by atoms with van der Waals surface area (Å²) in [4.78, 5) is 12.5. The van der Waals surface area contributed by atoms with Crippen molar-refractivity contribution in [2.75, 3.05) is 7.11 Å². The molecule has 0 fully saturated rings. The minimum atomic E-state index is -0.887. The SMILES string of the molecule is COC(=O)C(Oc1ccc(Cl)c2c1CCCC2)c1ccc(Oc2ccc(Cl)cc2)cc1. The number of carbonyl (C=O) groups is 1. The number of benzene rings is 3.